The van der Waals surface area contributed by atoms with E-state index in [0.717, 1.165) is 16.3 Å². The molecule has 13 heavy (non-hydrogen) atoms. The van der Waals surface area contributed by atoms with E-state index in [1.54, 1.807) is 0 Å². The lowest BCUT2D eigenvalue weighted by Gasteiger charge is -2.01. The van der Waals surface area contributed by atoms with Crippen LogP contribution < -0.4 is 5.84 Å². The molecular formula is C9H11N3O. The number of rotatable bonds is 3. The van der Waals surface area contributed by atoms with Crippen molar-refractivity contribution in [1.29, 1.82) is 0 Å². The van der Waals surface area contributed by atoms with Gasteiger partial charge >= 0.3 is 0 Å². The first-order chi connectivity index (χ1) is 6.24. The predicted octanol–water partition coefficient (Wildman–Crippen LogP) is 0.987. The van der Waals surface area contributed by atoms with Gasteiger partial charge in [0.15, 0.2) is 0 Å². The topological polar surface area (TPSA) is 58.7 Å². The quantitative estimate of drug-likeness (QED) is 0.187. The van der Waals surface area contributed by atoms with E-state index in [2.05, 4.69) is 4.99 Å². The third-order valence-corrected chi connectivity index (χ3v) is 1.57. The summed E-state index contributed by atoms with van der Waals surface area (Å²) in [5.41, 5.74) is 1.85. The van der Waals surface area contributed by atoms with Gasteiger partial charge in [-0.3, -0.25) is 4.79 Å². The Kier molecular flexibility index (Phi) is 3.16. The molecular weight excluding hydrogens is 166 g/mol. The molecule has 0 aliphatic rings. The Morgan fingerprint density at radius 1 is 1.46 bits per heavy atom. The summed E-state index contributed by atoms with van der Waals surface area (Å²) in [7, 11) is 0. The van der Waals surface area contributed by atoms with Gasteiger partial charge in [-0.25, -0.2) is 15.8 Å². The largest absolute Gasteiger partial charge is 0.277 e. The minimum absolute atomic E-state index is 0.488. The molecule has 1 aromatic rings. The van der Waals surface area contributed by atoms with Crippen molar-refractivity contribution < 1.29 is 4.79 Å². The van der Waals surface area contributed by atoms with Gasteiger partial charge in [0.05, 0.1) is 5.69 Å². The summed E-state index contributed by atoms with van der Waals surface area (Å²) in [4.78, 5) is 14.1. The third-order valence-electron chi connectivity index (χ3n) is 1.57. The zero-order chi connectivity index (χ0) is 9.68. The van der Waals surface area contributed by atoms with E-state index in [9.17, 15) is 4.79 Å². The molecule has 0 fully saturated rings. The van der Waals surface area contributed by atoms with Crippen molar-refractivity contribution in [3.63, 3.8) is 0 Å². The molecule has 0 saturated carbocycles. The molecule has 0 aliphatic heterocycles. The summed E-state index contributed by atoms with van der Waals surface area (Å²) in [5.74, 6) is 5.19. The van der Waals surface area contributed by atoms with Gasteiger partial charge in [-0.05, 0) is 18.6 Å². The fourth-order valence-electron chi connectivity index (χ4n) is 0.864. The van der Waals surface area contributed by atoms with Gasteiger partial charge in [0.25, 0.3) is 0 Å². The van der Waals surface area contributed by atoms with Crippen molar-refractivity contribution in [2.45, 2.75) is 6.92 Å². The Balaban J connectivity index is 2.79. The van der Waals surface area contributed by atoms with Gasteiger partial charge in [-0.2, -0.15) is 0 Å². The third kappa shape index (κ3) is 2.68. The molecule has 0 radical (unpaired) electrons. The van der Waals surface area contributed by atoms with Gasteiger partial charge in [-0.1, -0.05) is 18.2 Å². The molecule has 0 unspecified atom stereocenters. The summed E-state index contributed by atoms with van der Waals surface area (Å²) in [5, 5.41) is 0.867. The van der Waals surface area contributed by atoms with Gasteiger partial charge in [0, 0.05) is 0 Å². The molecule has 1 amide bonds. The number of nitrogens with two attached hydrogens (primary N) is 1. The maximum absolute atomic E-state index is 10.1. The number of nitrogens with zero attached hydrogens (tertiary/aromatic N) is 2. The molecule has 68 valence electrons. The average molecular weight is 177 g/mol. The molecule has 2 N–H and O–H groups in total. The van der Waals surface area contributed by atoms with Crippen LogP contribution in [0.25, 0.3) is 0 Å². The maximum Gasteiger partial charge on any atom is 0.229 e. The second-order valence-corrected chi connectivity index (χ2v) is 2.58. The standard InChI is InChI=1S/C9H11N3O/c1-8-4-2-3-5-9(8)11-6-12(10)7-13/h2-7H,10H2,1H3. The zero-order valence-electron chi connectivity index (χ0n) is 7.34. The highest BCUT2D eigenvalue weighted by atomic mass is 16.1. The number of hydrogen-bond acceptors (Lipinski definition) is 3. The lowest BCUT2D eigenvalue weighted by molar-refractivity contribution is -0.114. The van der Waals surface area contributed by atoms with E-state index in [0.29, 0.717) is 6.41 Å². The molecule has 4 nitrogen and oxygen atoms in total. The van der Waals surface area contributed by atoms with E-state index in [1.807, 2.05) is 31.2 Å². The highest BCUT2D eigenvalue weighted by Gasteiger charge is 1.92. The van der Waals surface area contributed by atoms with Crippen LogP contribution in [-0.2, 0) is 4.79 Å². The predicted molar refractivity (Wildman–Crippen MR) is 51.4 cm³/mol. The Morgan fingerprint density at radius 3 is 2.77 bits per heavy atom. The second kappa shape index (κ2) is 4.37. The van der Waals surface area contributed by atoms with Crippen LogP contribution >= 0.6 is 0 Å². The molecule has 0 atom stereocenters. The van der Waals surface area contributed by atoms with Crippen molar-refractivity contribution in [3.05, 3.63) is 29.8 Å². The summed E-state index contributed by atoms with van der Waals surface area (Å²) in [6.07, 6.45) is 1.76. The number of benzene rings is 1. The number of hydrazine groups is 1. The smallest absolute Gasteiger partial charge is 0.229 e. The molecule has 1 aromatic carbocycles. The van der Waals surface area contributed by atoms with Crippen molar-refractivity contribution in [3.8, 4) is 0 Å². The van der Waals surface area contributed by atoms with E-state index in [1.165, 1.54) is 6.34 Å². The van der Waals surface area contributed by atoms with Crippen LogP contribution in [0.4, 0.5) is 5.69 Å². The highest BCUT2D eigenvalue weighted by Crippen LogP contribution is 2.15. The SMILES string of the molecule is Cc1ccccc1N=CN(N)C=O. The number of carbonyl (C=O) groups is 1. The van der Waals surface area contributed by atoms with Crippen LogP contribution in [0.3, 0.4) is 0 Å². The summed E-state index contributed by atoms with van der Waals surface area (Å²) in [6, 6.07) is 7.59. The first kappa shape index (κ1) is 9.41. The fraction of sp³-hybridized carbons (Fsp3) is 0.111. The van der Waals surface area contributed by atoms with E-state index < -0.39 is 0 Å². The number of hydrogen-bond donors (Lipinski definition) is 1. The summed E-state index contributed by atoms with van der Waals surface area (Å²) < 4.78 is 0. The van der Waals surface area contributed by atoms with Crippen LogP contribution in [-0.4, -0.2) is 17.8 Å². The van der Waals surface area contributed by atoms with Gasteiger partial charge in [0.2, 0.25) is 6.41 Å². The Labute approximate surface area is 76.7 Å². The normalized spacial score (nSPS) is 10.3. The Morgan fingerprint density at radius 2 is 2.15 bits per heavy atom. The highest BCUT2D eigenvalue weighted by molar-refractivity contribution is 5.73. The second-order valence-electron chi connectivity index (χ2n) is 2.58. The fourth-order valence-corrected chi connectivity index (χ4v) is 0.864. The molecule has 0 bridgehead atoms. The average Bonchev–Trinajstić information content (AvgIpc) is 2.16. The van der Waals surface area contributed by atoms with Crippen molar-refractivity contribution in [1.82, 2.24) is 5.01 Å². The van der Waals surface area contributed by atoms with E-state index in [4.69, 9.17) is 5.84 Å². The number of carbonyl (C=O) groups excluding carboxylic acids is 1. The molecule has 0 spiro atoms. The van der Waals surface area contributed by atoms with E-state index >= 15 is 0 Å². The lowest BCUT2D eigenvalue weighted by atomic mass is 10.2. The summed E-state index contributed by atoms with van der Waals surface area (Å²) in [6.45, 7) is 1.94. The zero-order valence-corrected chi connectivity index (χ0v) is 7.34. The van der Waals surface area contributed by atoms with Crippen LogP contribution in [0, 0.1) is 6.92 Å². The molecule has 1 rings (SSSR count). The molecule has 0 saturated heterocycles. The Bertz CT molecular complexity index is 322. The summed E-state index contributed by atoms with van der Waals surface area (Å²) >= 11 is 0. The molecule has 0 aromatic heterocycles. The lowest BCUT2D eigenvalue weighted by Crippen LogP contribution is -2.27. The van der Waals surface area contributed by atoms with Gasteiger partial charge < -0.3 is 0 Å². The van der Waals surface area contributed by atoms with Crippen LogP contribution in [0.2, 0.25) is 0 Å². The monoisotopic (exact) mass is 177 g/mol. The Hall–Kier alpha value is -1.68. The molecule has 4 heteroatoms. The van der Waals surface area contributed by atoms with E-state index in [-0.39, 0.29) is 0 Å². The van der Waals surface area contributed by atoms with Crippen molar-refractivity contribution >= 4 is 18.4 Å². The first-order valence-corrected chi connectivity index (χ1v) is 3.82. The van der Waals surface area contributed by atoms with Crippen LogP contribution in [0.15, 0.2) is 29.3 Å². The molecule has 0 aliphatic carbocycles. The maximum atomic E-state index is 10.1. The minimum Gasteiger partial charge on any atom is -0.277 e. The van der Waals surface area contributed by atoms with Gasteiger partial charge in [0.1, 0.15) is 6.34 Å². The number of aliphatic imine (C=N–C) groups is 1. The number of aryl methyl sites for hydroxylation is 1. The first-order valence-electron chi connectivity index (χ1n) is 3.82. The van der Waals surface area contributed by atoms with Crippen LogP contribution in [0.5, 0.6) is 0 Å². The van der Waals surface area contributed by atoms with Gasteiger partial charge in [-0.15, -0.1) is 0 Å². The molecule has 0 heterocycles. The number of amides is 1. The van der Waals surface area contributed by atoms with Crippen molar-refractivity contribution in [2.75, 3.05) is 0 Å². The number of para-hydroxylation sites is 1. The van der Waals surface area contributed by atoms with Crippen LogP contribution in [0.1, 0.15) is 5.56 Å². The minimum atomic E-state index is 0.488. The van der Waals surface area contributed by atoms with Crippen molar-refractivity contribution in [2.24, 2.45) is 10.8 Å².